The lowest BCUT2D eigenvalue weighted by molar-refractivity contribution is 0.0975. The molecule has 0 N–H and O–H groups in total. The number of rotatable bonds is 2. The second kappa shape index (κ2) is 8.53. The van der Waals surface area contributed by atoms with E-state index in [9.17, 15) is 19.2 Å². The lowest BCUT2D eigenvalue weighted by atomic mass is 10.1. The molecule has 0 atom stereocenters. The highest BCUT2D eigenvalue weighted by Crippen LogP contribution is 2.46. The summed E-state index contributed by atoms with van der Waals surface area (Å²) in [5.41, 5.74) is 4.92. The maximum atomic E-state index is 12.9. The van der Waals surface area contributed by atoms with Crippen LogP contribution in [0.1, 0.15) is 62.6 Å². The minimum atomic E-state index is -0.269. The van der Waals surface area contributed by atoms with Gasteiger partial charge in [0.1, 0.15) is 14.8 Å². The zero-order chi connectivity index (χ0) is 28.2. The van der Waals surface area contributed by atoms with Crippen molar-refractivity contribution in [3.05, 3.63) is 103 Å². The Morgan fingerprint density at radius 1 is 0.561 bits per heavy atom. The molecule has 6 aromatic rings. The number of allylic oxidation sites excluding steroid dienone is 2. The predicted molar refractivity (Wildman–Crippen MR) is 164 cm³/mol. The van der Waals surface area contributed by atoms with Crippen LogP contribution >= 0.6 is 34.0 Å². The zero-order valence-electron chi connectivity index (χ0n) is 21.5. The van der Waals surface area contributed by atoms with Gasteiger partial charge >= 0.3 is 0 Å². The van der Waals surface area contributed by atoms with Crippen molar-refractivity contribution in [2.45, 2.75) is 13.8 Å². The molecule has 196 valence electrons. The number of benzene rings is 3. The number of thiazole rings is 2. The number of aryl methyl sites for hydroxylation is 2. The van der Waals surface area contributed by atoms with E-state index in [1.54, 1.807) is 72.0 Å². The van der Waals surface area contributed by atoms with Crippen LogP contribution in [0.25, 0.3) is 42.0 Å². The van der Waals surface area contributed by atoms with Crippen LogP contribution in [0, 0.1) is 13.8 Å². The number of carbonyl (C=O) groups is 4. The van der Waals surface area contributed by atoms with Gasteiger partial charge in [-0.3, -0.25) is 19.2 Å². The molecule has 0 amide bonds. The van der Waals surface area contributed by atoms with Crippen molar-refractivity contribution in [1.29, 1.82) is 0 Å². The molecule has 3 aromatic heterocycles. The average Bonchev–Trinajstić information content (AvgIpc) is 3.76. The fourth-order valence-corrected chi connectivity index (χ4v) is 9.25. The second-order valence-corrected chi connectivity index (χ2v) is 13.1. The van der Waals surface area contributed by atoms with Crippen LogP contribution in [0.15, 0.2) is 59.7 Å². The molecule has 0 spiro atoms. The highest BCUT2D eigenvalue weighted by molar-refractivity contribution is 7.32. The number of aromatic nitrogens is 2. The van der Waals surface area contributed by atoms with Gasteiger partial charge in [0.2, 0.25) is 0 Å². The maximum Gasteiger partial charge on any atom is 0.197 e. The Hall–Kier alpha value is -4.44. The zero-order valence-corrected chi connectivity index (χ0v) is 24.0. The Morgan fingerprint density at radius 3 is 1.54 bits per heavy atom. The van der Waals surface area contributed by atoms with Gasteiger partial charge in [-0.2, -0.15) is 0 Å². The van der Waals surface area contributed by atoms with Gasteiger partial charge in [-0.1, -0.05) is 48.5 Å². The summed E-state index contributed by atoms with van der Waals surface area (Å²) >= 11 is 4.48. The van der Waals surface area contributed by atoms with Gasteiger partial charge in [0.05, 0.1) is 26.1 Å². The van der Waals surface area contributed by atoms with E-state index in [1.807, 2.05) is 13.8 Å². The first-order valence-corrected chi connectivity index (χ1v) is 15.2. The number of carbonyl (C=O) groups excluding carboxylic acids is 4. The minimum absolute atomic E-state index is 0.142. The number of hydrogen-bond acceptors (Lipinski definition) is 9. The molecule has 0 aliphatic heterocycles. The Morgan fingerprint density at radius 2 is 1.02 bits per heavy atom. The van der Waals surface area contributed by atoms with E-state index >= 15 is 0 Å². The van der Waals surface area contributed by atoms with Crippen molar-refractivity contribution in [2.24, 2.45) is 0 Å². The van der Waals surface area contributed by atoms with E-state index in [-0.39, 0.29) is 34.3 Å². The molecule has 2 aliphatic rings. The summed E-state index contributed by atoms with van der Waals surface area (Å²) in [7, 11) is 0. The standard InChI is InChI=1S/C32H16N2O4S3/c1-13-23-29(41-32-31(23)40-22(34-32)12-20-27(37)17-9-5-6-10-18(17)28(20)38)14(2)24-30(13)39-21(33-24)11-19-25(35)15-7-3-4-8-16(15)26(19)36/h3-12H,1-2H3. The van der Waals surface area contributed by atoms with Gasteiger partial charge in [-0.25, -0.2) is 9.97 Å². The number of thiophene rings is 1. The third kappa shape index (κ3) is 3.34. The fraction of sp³-hybridized carbons (Fsp3) is 0.0625. The van der Waals surface area contributed by atoms with Gasteiger partial charge < -0.3 is 0 Å². The third-order valence-corrected chi connectivity index (χ3v) is 11.1. The molecule has 0 bridgehead atoms. The van der Waals surface area contributed by atoms with Crippen LogP contribution in [0.5, 0.6) is 0 Å². The molecule has 0 saturated heterocycles. The minimum Gasteiger partial charge on any atom is -0.288 e. The highest BCUT2D eigenvalue weighted by Gasteiger charge is 2.34. The van der Waals surface area contributed by atoms with E-state index in [2.05, 4.69) is 0 Å². The van der Waals surface area contributed by atoms with E-state index < -0.39 is 0 Å². The Labute approximate surface area is 244 Å². The van der Waals surface area contributed by atoms with Gasteiger partial charge in [-0.15, -0.1) is 34.0 Å². The lowest BCUT2D eigenvalue weighted by Gasteiger charge is -2.02. The Bertz CT molecular complexity index is 2240. The van der Waals surface area contributed by atoms with Gasteiger partial charge in [0, 0.05) is 32.3 Å². The molecule has 0 unspecified atom stereocenters. The molecule has 0 fully saturated rings. The van der Waals surface area contributed by atoms with Crippen molar-refractivity contribution < 1.29 is 19.2 Å². The van der Waals surface area contributed by atoms with Gasteiger partial charge in [-0.05, 0) is 37.1 Å². The summed E-state index contributed by atoms with van der Waals surface area (Å²) < 4.78 is 3.06. The SMILES string of the molecule is Cc1c2nc(C=C3C(=O)c4ccccc4C3=O)sc2c(C)c2c1sc1nc(C=C3C(=O)c4ccccc4C3=O)sc12. The molecule has 3 heterocycles. The first-order valence-electron chi connectivity index (χ1n) is 12.7. The Kier molecular flexibility index (Phi) is 5.07. The third-order valence-electron chi connectivity index (χ3n) is 7.67. The molecule has 41 heavy (non-hydrogen) atoms. The average molecular weight is 589 g/mol. The molecule has 6 nitrogen and oxygen atoms in total. The molecule has 3 aromatic carbocycles. The smallest absolute Gasteiger partial charge is 0.197 e. The lowest BCUT2D eigenvalue weighted by Crippen LogP contribution is -2.00. The van der Waals surface area contributed by atoms with Gasteiger partial charge in [0.25, 0.3) is 0 Å². The predicted octanol–water partition coefficient (Wildman–Crippen LogP) is 7.66. The molecule has 0 saturated carbocycles. The van der Waals surface area contributed by atoms with Crippen molar-refractivity contribution in [2.75, 3.05) is 0 Å². The summed E-state index contributed by atoms with van der Waals surface area (Å²) in [4.78, 5) is 62.1. The molecule has 0 radical (unpaired) electrons. The highest BCUT2D eigenvalue weighted by atomic mass is 32.1. The van der Waals surface area contributed by atoms with E-state index in [0.29, 0.717) is 32.3 Å². The van der Waals surface area contributed by atoms with Crippen molar-refractivity contribution >= 4 is 99.1 Å². The van der Waals surface area contributed by atoms with Crippen LogP contribution in [0.4, 0.5) is 0 Å². The first-order chi connectivity index (χ1) is 19.8. The van der Waals surface area contributed by atoms with E-state index in [0.717, 1.165) is 41.0 Å². The summed E-state index contributed by atoms with van der Waals surface area (Å²) in [5, 5.41) is 2.30. The summed E-state index contributed by atoms with van der Waals surface area (Å²) in [5.74, 6) is -1.07. The van der Waals surface area contributed by atoms with Crippen molar-refractivity contribution in [1.82, 2.24) is 9.97 Å². The first kappa shape index (κ1) is 24.4. The number of Topliss-reactive ketones (excluding diaryl/α,β-unsaturated/α-hetero) is 4. The normalized spacial score (nSPS) is 14.7. The summed E-state index contributed by atoms with van der Waals surface area (Å²) in [6.45, 7) is 4.07. The van der Waals surface area contributed by atoms with Crippen LogP contribution < -0.4 is 0 Å². The fourth-order valence-electron chi connectivity index (χ4n) is 5.65. The van der Waals surface area contributed by atoms with Crippen LogP contribution in [-0.4, -0.2) is 33.1 Å². The van der Waals surface area contributed by atoms with Gasteiger partial charge in [0.15, 0.2) is 23.1 Å². The molecular formula is C32H16N2O4S3. The van der Waals surface area contributed by atoms with E-state index in [4.69, 9.17) is 9.97 Å². The number of hydrogen-bond donors (Lipinski definition) is 0. The molecule has 9 heteroatoms. The largest absolute Gasteiger partial charge is 0.288 e. The number of nitrogens with zero attached hydrogens (tertiary/aromatic N) is 2. The summed E-state index contributed by atoms with van der Waals surface area (Å²) in [6.07, 6.45) is 3.22. The Balaban J connectivity index is 1.24. The van der Waals surface area contributed by atoms with Crippen molar-refractivity contribution in [3.63, 3.8) is 0 Å². The van der Waals surface area contributed by atoms with Crippen LogP contribution in [0.3, 0.4) is 0 Å². The van der Waals surface area contributed by atoms with Crippen LogP contribution in [-0.2, 0) is 0 Å². The number of fused-ring (bicyclic) bond motifs is 6. The van der Waals surface area contributed by atoms with Crippen LogP contribution in [0.2, 0.25) is 0 Å². The quantitative estimate of drug-likeness (QED) is 0.152. The molecule has 8 rings (SSSR count). The van der Waals surface area contributed by atoms with Crippen molar-refractivity contribution in [3.8, 4) is 0 Å². The van der Waals surface area contributed by atoms with E-state index in [1.165, 1.54) is 22.7 Å². The topological polar surface area (TPSA) is 94.1 Å². The second-order valence-electron chi connectivity index (χ2n) is 10.00. The maximum absolute atomic E-state index is 12.9. The monoisotopic (exact) mass is 588 g/mol. The molecular weight excluding hydrogens is 573 g/mol. The number of ketones is 4. The molecule has 2 aliphatic carbocycles. The summed E-state index contributed by atoms with van der Waals surface area (Å²) in [6, 6.07) is 13.7.